The summed E-state index contributed by atoms with van der Waals surface area (Å²) in [6, 6.07) is 21.0. The van der Waals surface area contributed by atoms with Crippen molar-refractivity contribution in [3.8, 4) is 11.1 Å². The number of furan rings is 1. The number of hydrogen-bond donors (Lipinski definition) is 2. The zero-order chi connectivity index (χ0) is 31.6. The minimum Gasteiger partial charge on any atom is -0.457 e. The molecular formula is C35H45N5O5. The molecule has 3 aromatic rings. The average Bonchev–Trinajstić information content (AvgIpc) is 3.38. The molecule has 0 saturated carbocycles. The number of anilines is 1. The van der Waals surface area contributed by atoms with E-state index in [1.54, 1.807) is 13.0 Å². The second kappa shape index (κ2) is 15.8. The predicted octanol–water partition coefficient (Wildman–Crippen LogP) is 4.87. The maximum absolute atomic E-state index is 13.0. The number of nitrogens with zero attached hydrogens (tertiary/aromatic N) is 3. The molecule has 2 aromatic carbocycles. The van der Waals surface area contributed by atoms with Crippen molar-refractivity contribution in [3.05, 3.63) is 78.3 Å². The first-order chi connectivity index (χ1) is 21.9. The Morgan fingerprint density at radius 1 is 0.889 bits per heavy atom. The second-order valence-corrected chi connectivity index (χ2v) is 11.9. The molecule has 5 rings (SSSR count). The Bertz CT molecular complexity index is 1420. The molecule has 1 atom stereocenters. The first-order valence-corrected chi connectivity index (χ1v) is 16.0. The van der Waals surface area contributed by atoms with Gasteiger partial charge in [0.05, 0.1) is 18.3 Å². The fourth-order valence-electron chi connectivity index (χ4n) is 6.01. The van der Waals surface area contributed by atoms with Crippen LogP contribution in [0.3, 0.4) is 0 Å². The molecule has 2 aliphatic rings. The molecule has 0 radical (unpaired) electrons. The van der Waals surface area contributed by atoms with E-state index in [9.17, 15) is 14.4 Å². The van der Waals surface area contributed by atoms with Gasteiger partial charge in [-0.15, -0.1) is 0 Å². The first kappa shape index (κ1) is 32.4. The summed E-state index contributed by atoms with van der Waals surface area (Å²) in [5, 5.41) is 6.27. The lowest BCUT2D eigenvalue weighted by atomic mass is 10.0. The lowest BCUT2D eigenvalue weighted by molar-refractivity contribution is -0.128. The summed E-state index contributed by atoms with van der Waals surface area (Å²) in [5.74, 6) is 1.19. The highest BCUT2D eigenvalue weighted by molar-refractivity contribution is 5.97. The summed E-state index contributed by atoms with van der Waals surface area (Å²) in [5.41, 5.74) is 2.72. The van der Waals surface area contributed by atoms with Gasteiger partial charge in [0.1, 0.15) is 11.9 Å². The molecule has 10 nitrogen and oxygen atoms in total. The number of likely N-dealkylation sites (tertiary alicyclic amines) is 1. The van der Waals surface area contributed by atoms with Crippen molar-refractivity contribution < 1.29 is 23.5 Å². The van der Waals surface area contributed by atoms with Crippen LogP contribution in [-0.4, -0.2) is 97.0 Å². The first-order valence-electron chi connectivity index (χ1n) is 16.0. The molecule has 0 spiro atoms. The third-order valence-electron chi connectivity index (χ3n) is 8.65. The molecule has 0 bridgehead atoms. The topological polar surface area (TPSA) is 107 Å². The number of nitrogens with one attached hydrogen (secondary N) is 2. The van der Waals surface area contributed by atoms with Crippen LogP contribution >= 0.6 is 0 Å². The SMILES string of the molecule is CC(=O)N1CCCN(Cc2ccc(C(=O)C(C)NCCN3CCC(OC(=O)Nc4ccccc4-c4ccccc4)CC3)o2)CC1. The Labute approximate surface area is 265 Å². The van der Waals surface area contributed by atoms with E-state index in [-0.39, 0.29) is 23.8 Å². The van der Waals surface area contributed by atoms with E-state index in [0.717, 1.165) is 81.1 Å². The Morgan fingerprint density at radius 2 is 1.64 bits per heavy atom. The van der Waals surface area contributed by atoms with Crippen molar-refractivity contribution in [3.63, 3.8) is 0 Å². The summed E-state index contributed by atoms with van der Waals surface area (Å²) in [6.07, 6.45) is 1.90. The molecule has 2 fully saturated rings. The van der Waals surface area contributed by atoms with Crippen LogP contribution in [0.4, 0.5) is 10.5 Å². The quantitative estimate of drug-likeness (QED) is 0.294. The molecule has 3 heterocycles. The van der Waals surface area contributed by atoms with Crippen LogP contribution in [0.5, 0.6) is 0 Å². The molecule has 0 aliphatic carbocycles. The van der Waals surface area contributed by atoms with Gasteiger partial charge in [0, 0.05) is 64.8 Å². The molecule has 1 aromatic heterocycles. The lowest BCUT2D eigenvalue weighted by Crippen LogP contribution is -2.43. The number of amides is 2. The smallest absolute Gasteiger partial charge is 0.411 e. The van der Waals surface area contributed by atoms with Gasteiger partial charge < -0.3 is 24.3 Å². The molecule has 2 saturated heterocycles. The predicted molar refractivity (Wildman–Crippen MR) is 174 cm³/mol. The van der Waals surface area contributed by atoms with Crippen LogP contribution < -0.4 is 10.6 Å². The standard InChI is InChI=1S/C35H45N5O5/c1-26(34(42)33-14-13-30(44-33)25-39-18-8-19-40(24-23-39)27(2)41)36-17-22-38-20-15-29(16-21-38)45-35(43)37-32-12-7-6-11-31(32)28-9-4-3-5-10-28/h3-7,9-14,26,29,36H,8,15-25H2,1-2H3,(H,37,43). The summed E-state index contributed by atoms with van der Waals surface area (Å²) < 4.78 is 11.7. The van der Waals surface area contributed by atoms with Gasteiger partial charge in [0.15, 0.2) is 5.76 Å². The van der Waals surface area contributed by atoms with Crippen molar-refractivity contribution in [2.75, 3.05) is 57.7 Å². The fraction of sp³-hybridized carbons (Fsp3) is 0.457. The van der Waals surface area contributed by atoms with Gasteiger partial charge in [-0.2, -0.15) is 0 Å². The van der Waals surface area contributed by atoms with E-state index in [0.29, 0.717) is 25.4 Å². The van der Waals surface area contributed by atoms with Gasteiger partial charge in [-0.1, -0.05) is 48.5 Å². The van der Waals surface area contributed by atoms with Gasteiger partial charge in [-0.25, -0.2) is 4.79 Å². The Morgan fingerprint density at radius 3 is 2.42 bits per heavy atom. The van der Waals surface area contributed by atoms with Crippen molar-refractivity contribution in [2.45, 2.75) is 51.8 Å². The fourth-order valence-corrected chi connectivity index (χ4v) is 6.01. The minimum absolute atomic E-state index is 0.0631. The zero-order valence-corrected chi connectivity index (χ0v) is 26.4. The van der Waals surface area contributed by atoms with Crippen molar-refractivity contribution in [1.82, 2.24) is 20.0 Å². The average molecular weight is 616 g/mol. The van der Waals surface area contributed by atoms with Crippen LogP contribution in [0.2, 0.25) is 0 Å². The second-order valence-electron chi connectivity index (χ2n) is 11.9. The van der Waals surface area contributed by atoms with E-state index in [1.807, 2.05) is 72.5 Å². The Kier molecular flexibility index (Phi) is 11.4. The van der Waals surface area contributed by atoms with E-state index in [4.69, 9.17) is 9.15 Å². The zero-order valence-electron chi connectivity index (χ0n) is 26.4. The van der Waals surface area contributed by atoms with Crippen LogP contribution in [0.15, 0.2) is 71.1 Å². The lowest BCUT2D eigenvalue weighted by Gasteiger charge is -2.31. The highest BCUT2D eigenvalue weighted by Gasteiger charge is 2.24. The third kappa shape index (κ3) is 9.26. The van der Waals surface area contributed by atoms with Crippen LogP contribution in [0.25, 0.3) is 11.1 Å². The van der Waals surface area contributed by atoms with Crippen molar-refractivity contribution in [1.29, 1.82) is 0 Å². The summed E-state index contributed by atoms with van der Waals surface area (Å²) >= 11 is 0. The molecule has 45 heavy (non-hydrogen) atoms. The highest BCUT2D eigenvalue weighted by atomic mass is 16.6. The van der Waals surface area contributed by atoms with Crippen LogP contribution in [-0.2, 0) is 16.1 Å². The van der Waals surface area contributed by atoms with Gasteiger partial charge in [-0.05, 0) is 49.9 Å². The number of ketones is 1. The Balaban J connectivity index is 0.993. The van der Waals surface area contributed by atoms with Crippen molar-refractivity contribution in [2.24, 2.45) is 0 Å². The summed E-state index contributed by atoms with van der Waals surface area (Å²) in [7, 11) is 0. The molecular weight excluding hydrogens is 570 g/mol. The van der Waals surface area contributed by atoms with Crippen LogP contribution in [0.1, 0.15) is 49.4 Å². The van der Waals surface area contributed by atoms with E-state index in [2.05, 4.69) is 20.4 Å². The summed E-state index contributed by atoms with van der Waals surface area (Å²) in [4.78, 5) is 43.9. The molecule has 2 aliphatic heterocycles. The number of carbonyl (C=O) groups is 3. The monoisotopic (exact) mass is 615 g/mol. The van der Waals surface area contributed by atoms with Crippen LogP contribution in [0, 0.1) is 0 Å². The number of para-hydroxylation sites is 1. The van der Waals surface area contributed by atoms with Gasteiger partial charge in [-0.3, -0.25) is 19.8 Å². The maximum atomic E-state index is 13.0. The number of rotatable bonds is 11. The van der Waals surface area contributed by atoms with Crippen molar-refractivity contribution >= 4 is 23.5 Å². The number of benzene rings is 2. The molecule has 1 unspecified atom stereocenters. The highest BCUT2D eigenvalue weighted by Crippen LogP contribution is 2.28. The van der Waals surface area contributed by atoms with E-state index >= 15 is 0 Å². The number of Topliss-reactive ketones (excluding diaryl/α,β-unsaturated/α-hetero) is 1. The normalized spacial score (nSPS) is 17.4. The molecule has 2 amide bonds. The Hall–Kier alpha value is -3.99. The third-order valence-corrected chi connectivity index (χ3v) is 8.65. The van der Waals surface area contributed by atoms with E-state index in [1.165, 1.54) is 0 Å². The number of ether oxygens (including phenoxy) is 1. The van der Waals surface area contributed by atoms with Gasteiger partial charge >= 0.3 is 6.09 Å². The van der Waals surface area contributed by atoms with Gasteiger partial charge in [0.25, 0.3) is 0 Å². The number of carbonyl (C=O) groups excluding carboxylic acids is 3. The maximum Gasteiger partial charge on any atom is 0.411 e. The number of piperidine rings is 1. The molecule has 10 heteroatoms. The molecule has 2 N–H and O–H groups in total. The summed E-state index contributed by atoms with van der Waals surface area (Å²) in [6.45, 7) is 10.4. The number of hydrogen-bond acceptors (Lipinski definition) is 8. The van der Waals surface area contributed by atoms with E-state index < -0.39 is 6.09 Å². The minimum atomic E-state index is -0.432. The largest absolute Gasteiger partial charge is 0.457 e. The molecule has 240 valence electrons. The van der Waals surface area contributed by atoms with Gasteiger partial charge in [0.2, 0.25) is 11.7 Å².